The van der Waals surface area contributed by atoms with E-state index in [-0.39, 0.29) is 11.8 Å². The van der Waals surface area contributed by atoms with E-state index in [2.05, 4.69) is 39.8 Å². The molecule has 3 N–H and O–H groups in total. The molecule has 1 aromatic rings. The summed E-state index contributed by atoms with van der Waals surface area (Å²) in [7, 11) is 0. The van der Waals surface area contributed by atoms with Gasteiger partial charge in [0.15, 0.2) is 0 Å². The summed E-state index contributed by atoms with van der Waals surface area (Å²) < 4.78 is 0. The molecule has 0 aliphatic heterocycles. The Bertz CT molecular complexity index is 509. The van der Waals surface area contributed by atoms with Gasteiger partial charge in [0.05, 0.1) is 6.42 Å². The second-order valence-corrected chi connectivity index (χ2v) is 7.14. The third-order valence-electron chi connectivity index (χ3n) is 4.81. The van der Waals surface area contributed by atoms with Gasteiger partial charge in [0, 0.05) is 5.41 Å². The summed E-state index contributed by atoms with van der Waals surface area (Å²) in [5.74, 6) is 0.169. The van der Waals surface area contributed by atoms with E-state index in [9.17, 15) is 9.90 Å². The van der Waals surface area contributed by atoms with Gasteiger partial charge in [-0.25, -0.2) is 0 Å². The Kier molecular flexibility index (Phi) is 4.43. The molecule has 0 atom stereocenters. The van der Waals surface area contributed by atoms with Gasteiger partial charge in [-0.1, -0.05) is 39.8 Å². The zero-order chi connectivity index (χ0) is 15.8. The molecule has 3 nitrogen and oxygen atoms in total. The summed E-state index contributed by atoms with van der Waals surface area (Å²) in [4.78, 5) is 11.3. The Morgan fingerprint density at radius 2 is 1.57 bits per heavy atom. The van der Waals surface area contributed by atoms with Crippen molar-refractivity contribution in [1.29, 1.82) is 0 Å². The van der Waals surface area contributed by atoms with Gasteiger partial charge in [0.2, 0.25) is 0 Å². The summed E-state index contributed by atoms with van der Waals surface area (Å²) in [6.07, 6.45) is 1.77. The summed E-state index contributed by atoms with van der Waals surface area (Å²) in [5.41, 5.74) is 11.1. The molecule has 3 heteroatoms. The van der Waals surface area contributed by atoms with Crippen molar-refractivity contribution in [2.45, 2.75) is 58.8 Å². The Labute approximate surface area is 127 Å². The van der Waals surface area contributed by atoms with Crippen LogP contribution in [0.5, 0.6) is 0 Å². The first kappa shape index (κ1) is 16.0. The van der Waals surface area contributed by atoms with Crippen molar-refractivity contribution in [2.75, 3.05) is 6.54 Å². The van der Waals surface area contributed by atoms with Crippen molar-refractivity contribution >= 4 is 5.97 Å². The van der Waals surface area contributed by atoms with Crippen LogP contribution < -0.4 is 5.73 Å². The minimum absolute atomic E-state index is 0.160. The van der Waals surface area contributed by atoms with Crippen LogP contribution >= 0.6 is 0 Å². The van der Waals surface area contributed by atoms with E-state index < -0.39 is 5.97 Å². The Balaban J connectivity index is 2.52. The fraction of sp³-hybridized carbons (Fsp3) is 0.611. The molecule has 0 fully saturated rings. The van der Waals surface area contributed by atoms with Gasteiger partial charge in [-0.2, -0.15) is 0 Å². The second kappa shape index (κ2) is 5.80. The van der Waals surface area contributed by atoms with Gasteiger partial charge in [-0.3, -0.25) is 4.79 Å². The number of hydrogen-bond acceptors (Lipinski definition) is 2. The number of rotatable bonds is 5. The number of nitrogens with two attached hydrogens (primary N) is 1. The smallest absolute Gasteiger partial charge is 0.303 e. The highest BCUT2D eigenvalue weighted by molar-refractivity contribution is 5.68. The number of fused-ring (bicyclic) bond motifs is 1. The number of aliphatic carboxylic acids is 1. The fourth-order valence-corrected chi connectivity index (χ4v) is 3.70. The standard InChI is InChI=1S/C18H27NO2/c1-11(2)13-5-6-14(12(3)4)16-8-18(10-19,7-15(13)16)9-17(20)21/h5-6,11-12H,7-10,19H2,1-4H3,(H,20,21). The SMILES string of the molecule is CC(C)c1ccc(C(C)C)c2c1CC(CN)(CC(=O)O)C2. The summed E-state index contributed by atoms with van der Waals surface area (Å²) in [6, 6.07) is 4.46. The minimum atomic E-state index is -0.745. The van der Waals surface area contributed by atoms with Crippen LogP contribution in [-0.2, 0) is 17.6 Å². The molecule has 0 aromatic heterocycles. The topological polar surface area (TPSA) is 63.3 Å². The molecule has 0 amide bonds. The van der Waals surface area contributed by atoms with Crippen LogP contribution in [0.15, 0.2) is 12.1 Å². The molecule has 1 aromatic carbocycles. The molecule has 0 radical (unpaired) electrons. The van der Waals surface area contributed by atoms with Gasteiger partial charge in [-0.05, 0) is 53.5 Å². The maximum absolute atomic E-state index is 11.3. The average molecular weight is 289 g/mol. The van der Waals surface area contributed by atoms with Gasteiger partial charge >= 0.3 is 5.97 Å². The number of carbonyl (C=O) groups is 1. The lowest BCUT2D eigenvalue weighted by molar-refractivity contribution is -0.139. The van der Waals surface area contributed by atoms with Crippen LogP contribution in [0.2, 0.25) is 0 Å². The molecule has 0 unspecified atom stereocenters. The Hall–Kier alpha value is -1.35. The normalized spacial score (nSPS) is 16.5. The largest absolute Gasteiger partial charge is 0.481 e. The van der Waals surface area contributed by atoms with Crippen molar-refractivity contribution in [1.82, 2.24) is 0 Å². The van der Waals surface area contributed by atoms with Crippen LogP contribution in [0.3, 0.4) is 0 Å². The highest BCUT2D eigenvalue weighted by atomic mass is 16.4. The molecule has 0 saturated heterocycles. The predicted octanol–water partition coefficient (Wildman–Crippen LogP) is 3.45. The molecule has 21 heavy (non-hydrogen) atoms. The summed E-state index contributed by atoms with van der Waals surface area (Å²) >= 11 is 0. The van der Waals surface area contributed by atoms with Crippen LogP contribution in [0.4, 0.5) is 0 Å². The first-order chi connectivity index (χ1) is 9.79. The molecule has 0 bridgehead atoms. The van der Waals surface area contributed by atoms with E-state index in [4.69, 9.17) is 5.73 Å². The Morgan fingerprint density at radius 1 is 1.14 bits per heavy atom. The number of carboxylic acids is 1. The molecule has 1 aliphatic rings. The fourth-order valence-electron chi connectivity index (χ4n) is 3.70. The molecule has 1 aliphatic carbocycles. The van der Waals surface area contributed by atoms with E-state index in [1.807, 2.05) is 0 Å². The third-order valence-corrected chi connectivity index (χ3v) is 4.81. The monoisotopic (exact) mass is 289 g/mol. The maximum atomic E-state index is 11.3. The summed E-state index contributed by atoms with van der Waals surface area (Å²) in [5, 5.41) is 9.25. The molecule has 0 heterocycles. The Morgan fingerprint density at radius 3 is 1.86 bits per heavy atom. The van der Waals surface area contributed by atoms with Gasteiger partial charge in [0.25, 0.3) is 0 Å². The summed E-state index contributed by atoms with van der Waals surface area (Å²) in [6.45, 7) is 9.23. The van der Waals surface area contributed by atoms with Crippen molar-refractivity contribution in [3.63, 3.8) is 0 Å². The lowest BCUT2D eigenvalue weighted by Crippen LogP contribution is -2.34. The maximum Gasteiger partial charge on any atom is 0.303 e. The van der Waals surface area contributed by atoms with E-state index in [1.165, 1.54) is 22.3 Å². The van der Waals surface area contributed by atoms with E-state index in [1.54, 1.807) is 0 Å². The van der Waals surface area contributed by atoms with Crippen LogP contribution in [0, 0.1) is 5.41 Å². The average Bonchev–Trinajstić information content (AvgIpc) is 2.75. The van der Waals surface area contributed by atoms with Crippen molar-refractivity contribution < 1.29 is 9.90 Å². The zero-order valence-corrected chi connectivity index (χ0v) is 13.6. The molecule has 116 valence electrons. The van der Waals surface area contributed by atoms with Crippen molar-refractivity contribution in [2.24, 2.45) is 11.1 Å². The molecule has 2 rings (SSSR count). The van der Waals surface area contributed by atoms with E-state index in [0.29, 0.717) is 18.4 Å². The van der Waals surface area contributed by atoms with Crippen molar-refractivity contribution in [3.05, 3.63) is 34.4 Å². The zero-order valence-electron chi connectivity index (χ0n) is 13.6. The lowest BCUT2D eigenvalue weighted by atomic mass is 9.81. The van der Waals surface area contributed by atoms with Crippen molar-refractivity contribution in [3.8, 4) is 0 Å². The van der Waals surface area contributed by atoms with Gasteiger partial charge < -0.3 is 10.8 Å². The van der Waals surface area contributed by atoms with Gasteiger partial charge in [0.1, 0.15) is 0 Å². The van der Waals surface area contributed by atoms with E-state index in [0.717, 1.165) is 12.8 Å². The molecular formula is C18H27NO2. The van der Waals surface area contributed by atoms with E-state index >= 15 is 0 Å². The lowest BCUT2D eigenvalue weighted by Gasteiger charge is -2.25. The molecule has 0 saturated carbocycles. The van der Waals surface area contributed by atoms with Crippen LogP contribution in [-0.4, -0.2) is 17.6 Å². The van der Waals surface area contributed by atoms with Gasteiger partial charge in [-0.15, -0.1) is 0 Å². The molecular weight excluding hydrogens is 262 g/mol. The number of carboxylic acid groups (broad SMARTS) is 1. The first-order valence-corrected chi connectivity index (χ1v) is 7.86. The highest BCUT2D eigenvalue weighted by Crippen LogP contribution is 2.44. The molecule has 0 spiro atoms. The minimum Gasteiger partial charge on any atom is -0.481 e. The number of hydrogen-bond donors (Lipinski definition) is 2. The quantitative estimate of drug-likeness (QED) is 0.872. The second-order valence-electron chi connectivity index (χ2n) is 7.14. The highest BCUT2D eigenvalue weighted by Gasteiger charge is 2.40. The third kappa shape index (κ3) is 2.98. The van der Waals surface area contributed by atoms with Crippen LogP contribution in [0.1, 0.15) is 68.2 Å². The first-order valence-electron chi connectivity index (χ1n) is 7.86. The van der Waals surface area contributed by atoms with Crippen LogP contribution in [0.25, 0.3) is 0 Å². The number of benzene rings is 1. The predicted molar refractivity (Wildman–Crippen MR) is 85.8 cm³/mol.